The minimum Gasteiger partial charge on any atom is -0.383 e. The predicted molar refractivity (Wildman–Crippen MR) is 78.3 cm³/mol. The zero-order valence-electron chi connectivity index (χ0n) is 13.5. The van der Waals surface area contributed by atoms with Crippen molar-refractivity contribution in [1.82, 2.24) is 10.2 Å². The Hall–Kier alpha value is -0.820. The van der Waals surface area contributed by atoms with Gasteiger partial charge in [0, 0.05) is 6.54 Å². The van der Waals surface area contributed by atoms with Gasteiger partial charge in [-0.05, 0) is 51.1 Å². The summed E-state index contributed by atoms with van der Waals surface area (Å²) in [5.41, 5.74) is 0. The number of carbonyl (C=O) groups excluding carboxylic acids is 1. The maximum absolute atomic E-state index is 12.5. The van der Waals surface area contributed by atoms with E-state index >= 15 is 0 Å². The molecule has 0 aromatic rings. The molecule has 1 fully saturated rings. The van der Waals surface area contributed by atoms with Crippen molar-refractivity contribution in [3.05, 3.63) is 0 Å². The zero-order valence-corrected chi connectivity index (χ0v) is 13.5. The van der Waals surface area contributed by atoms with Gasteiger partial charge in [-0.1, -0.05) is 13.8 Å². The molecule has 1 aliphatic rings. The van der Waals surface area contributed by atoms with Crippen LogP contribution in [0.3, 0.4) is 0 Å². The molecule has 0 radical (unpaired) electrons. The third-order valence-electron chi connectivity index (χ3n) is 4.30. The minimum atomic E-state index is -4.56. The molecule has 22 heavy (non-hydrogen) atoms. The second-order valence-corrected chi connectivity index (χ2v) is 6.51. The first kappa shape index (κ1) is 19.2. The lowest BCUT2D eigenvalue weighted by Gasteiger charge is -2.37. The van der Waals surface area contributed by atoms with E-state index in [1.165, 1.54) is 0 Å². The van der Waals surface area contributed by atoms with Crippen LogP contribution in [0.25, 0.3) is 0 Å². The number of aliphatic hydroxyl groups excluding tert-OH is 1. The molecule has 7 heteroatoms. The molecule has 0 aliphatic carbocycles. The Labute approximate surface area is 130 Å². The van der Waals surface area contributed by atoms with Gasteiger partial charge in [0.2, 0.25) is 5.91 Å². The highest BCUT2D eigenvalue weighted by atomic mass is 19.4. The molecule has 0 aromatic carbocycles. The Kier molecular flexibility index (Phi) is 7.12. The molecule has 0 bridgehead atoms. The fraction of sp³-hybridized carbons (Fsp3) is 0.933. The number of rotatable bonds is 6. The number of alkyl halides is 3. The van der Waals surface area contributed by atoms with Crippen LogP contribution in [0.15, 0.2) is 0 Å². The van der Waals surface area contributed by atoms with Crippen molar-refractivity contribution in [2.45, 2.75) is 58.4 Å². The summed E-state index contributed by atoms with van der Waals surface area (Å²) in [7, 11) is 0. The molecule has 2 atom stereocenters. The van der Waals surface area contributed by atoms with Crippen molar-refractivity contribution >= 4 is 5.91 Å². The van der Waals surface area contributed by atoms with Crippen molar-refractivity contribution in [2.24, 2.45) is 11.8 Å². The van der Waals surface area contributed by atoms with Gasteiger partial charge in [0.1, 0.15) is 0 Å². The molecule has 0 saturated carbocycles. The Morgan fingerprint density at radius 1 is 1.27 bits per heavy atom. The number of carbonyl (C=O) groups is 1. The van der Waals surface area contributed by atoms with Crippen LogP contribution in [0, 0.1) is 11.8 Å². The summed E-state index contributed by atoms with van der Waals surface area (Å²) < 4.78 is 37.5. The van der Waals surface area contributed by atoms with Crippen LogP contribution in [-0.2, 0) is 4.79 Å². The molecule has 0 aromatic heterocycles. The molecule has 130 valence electrons. The maximum atomic E-state index is 12.5. The van der Waals surface area contributed by atoms with E-state index in [9.17, 15) is 23.1 Å². The van der Waals surface area contributed by atoms with E-state index in [4.69, 9.17) is 0 Å². The quantitative estimate of drug-likeness (QED) is 0.787. The fourth-order valence-corrected chi connectivity index (χ4v) is 2.69. The first-order valence-corrected chi connectivity index (χ1v) is 7.89. The number of hydrogen-bond acceptors (Lipinski definition) is 3. The minimum absolute atomic E-state index is 0.0875. The van der Waals surface area contributed by atoms with Crippen LogP contribution in [-0.4, -0.2) is 53.9 Å². The Bertz CT molecular complexity index is 353. The van der Waals surface area contributed by atoms with Crippen molar-refractivity contribution in [2.75, 3.05) is 19.6 Å². The molecule has 1 aliphatic heterocycles. The van der Waals surface area contributed by atoms with Gasteiger partial charge >= 0.3 is 6.18 Å². The van der Waals surface area contributed by atoms with Crippen LogP contribution >= 0.6 is 0 Å². The summed E-state index contributed by atoms with van der Waals surface area (Å²) in [6.45, 7) is 7.33. The van der Waals surface area contributed by atoms with E-state index in [1.807, 2.05) is 4.90 Å². The summed E-state index contributed by atoms with van der Waals surface area (Å²) >= 11 is 0. The Morgan fingerprint density at radius 2 is 1.82 bits per heavy atom. The van der Waals surface area contributed by atoms with Gasteiger partial charge in [-0.3, -0.25) is 9.69 Å². The second-order valence-electron chi connectivity index (χ2n) is 6.51. The van der Waals surface area contributed by atoms with E-state index in [1.54, 1.807) is 6.92 Å². The predicted octanol–water partition coefficient (Wildman–Crippen LogP) is 2.17. The zero-order chi connectivity index (χ0) is 16.9. The largest absolute Gasteiger partial charge is 0.414 e. The molecule has 0 spiro atoms. The SMILES string of the molecule is CC(C)CCNC(=O)C(C)N1CCC(C(O)C(F)(F)F)CC1. The van der Waals surface area contributed by atoms with E-state index in [-0.39, 0.29) is 24.8 Å². The molecule has 2 N–H and O–H groups in total. The first-order chi connectivity index (χ1) is 10.1. The summed E-state index contributed by atoms with van der Waals surface area (Å²) in [6, 6.07) is -0.351. The lowest BCUT2D eigenvalue weighted by Crippen LogP contribution is -2.50. The van der Waals surface area contributed by atoms with Gasteiger partial charge in [-0.25, -0.2) is 0 Å². The normalized spacial score (nSPS) is 20.9. The monoisotopic (exact) mass is 324 g/mol. The molecule has 2 unspecified atom stereocenters. The third-order valence-corrected chi connectivity index (χ3v) is 4.30. The fourth-order valence-electron chi connectivity index (χ4n) is 2.69. The molecule has 1 saturated heterocycles. The average Bonchev–Trinajstić information content (AvgIpc) is 2.44. The smallest absolute Gasteiger partial charge is 0.383 e. The van der Waals surface area contributed by atoms with Crippen LogP contribution in [0.5, 0.6) is 0 Å². The number of piperidine rings is 1. The standard InChI is InChI=1S/C15H27F3N2O2/c1-10(2)4-7-19-14(22)11(3)20-8-5-12(6-9-20)13(21)15(16,17)18/h10-13,21H,4-9H2,1-3H3,(H,19,22). The summed E-state index contributed by atoms with van der Waals surface area (Å²) in [5.74, 6) is -0.349. The van der Waals surface area contributed by atoms with Crippen LogP contribution < -0.4 is 5.32 Å². The van der Waals surface area contributed by atoms with E-state index < -0.39 is 18.2 Å². The molecule has 1 amide bonds. The average molecular weight is 324 g/mol. The first-order valence-electron chi connectivity index (χ1n) is 7.89. The van der Waals surface area contributed by atoms with Gasteiger partial charge in [0.05, 0.1) is 6.04 Å². The van der Waals surface area contributed by atoms with Gasteiger partial charge in [0.25, 0.3) is 0 Å². The van der Waals surface area contributed by atoms with Crippen molar-refractivity contribution in [3.8, 4) is 0 Å². The van der Waals surface area contributed by atoms with Crippen molar-refractivity contribution in [1.29, 1.82) is 0 Å². The van der Waals surface area contributed by atoms with Crippen molar-refractivity contribution in [3.63, 3.8) is 0 Å². The highest BCUT2D eigenvalue weighted by molar-refractivity contribution is 5.81. The second kappa shape index (κ2) is 8.15. The van der Waals surface area contributed by atoms with E-state index in [0.29, 0.717) is 25.6 Å². The topological polar surface area (TPSA) is 52.6 Å². The van der Waals surface area contributed by atoms with Gasteiger partial charge in [-0.2, -0.15) is 13.2 Å². The van der Waals surface area contributed by atoms with Crippen LogP contribution in [0.4, 0.5) is 13.2 Å². The number of nitrogens with one attached hydrogen (secondary N) is 1. The lowest BCUT2D eigenvalue weighted by molar-refractivity contribution is -0.223. The number of halogens is 3. The van der Waals surface area contributed by atoms with E-state index in [2.05, 4.69) is 19.2 Å². The summed E-state index contributed by atoms with van der Waals surface area (Å²) in [4.78, 5) is 13.9. The molecule has 4 nitrogen and oxygen atoms in total. The number of likely N-dealkylation sites (tertiary alicyclic amines) is 1. The number of amides is 1. The molecular weight excluding hydrogens is 297 g/mol. The molecule has 1 rings (SSSR count). The van der Waals surface area contributed by atoms with Crippen LogP contribution in [0.1, 0.15) is 40.0 Å². The Morgan fingerprint density at radius 3 is 2.27 bits per heavy atom. The Balaban J connectivity index is 2.39. The van der Waals surface area contributed by atoms with Crippen LogP contribution in [0.2, 0.25) is 0 Å². The van der Waals surface area contributed by atoms with Gasteiger partial charge < -0.3 is 10.4 Å². The number of hydrogen-bond donors (Lipinski definition) is 2. The highest BCUT2D eigenvalue weighted by Gasteiger charge is 2.44. The van der Waals surface area contributed by atoms with Gasteiger partial charge in [-0.15, -0.1) is 0 Å². The highest BCUT2D eigenvalue weighted by Crippen LogP contribution is 2.31. The summed E-state index contributed by atoms with van der Waals surface area (Å²) in [6.07, 6.45) is -5.41. The number of nitrogens with zero attached hydrogens (tertiary/aromatic N) is 1. The van der Waals surface area contributed by atoms with Gasteiger partial charge in [0.15, 0.2) is 6.10 Å². The molecule has 1 heterocycles. The lowest BCUT2D eigenvalue weighted by atomic mass is 9.90. The van der Waals surface area contributed by atoms with E-state index in [0.717, 1.165) is 6.42 Å². The molecular formula is C15H27F3N2O2. The number of aliphatic hydroxyl groups is 1. The summed E-state index contributed by atoms with van der Waals surface area (Å²) in [5, 5.41) is 12.1. The third kappa shape index (κ3) is 5.76. The van der Waals surface area contributed by atoms with Crippen molar-refractivity contribution < 1.29 is 23.1 Å². The maximum Gasteiger partial charge on any atom is 0.414 e.